The molecule has 2 atom stereocenters. The molecule has 1 heterocycles. The molecule has 0 aromatic heterocycles. The molecule has 0 bridgehead atoms. The number of alkyl halides is 3. The number of nitrogens with two attached hydrogens (primary N) is 1. The molecule has 210 valence electrons. The van der Waals surface area contributed by atoms with Crippen molar-refractivity contribution in [1.82, 2.24) is 4.90 Å². The first-order chi connectivity index (χ1) is 19.0. The summed E-state index contributed by atoms with van der Waals surface area (Å²) in [6.45, 7) is 0.155. The Morgan fingerprint density at radius 3 is 2.35 bits per heavy atom. The number of nitrogen functional groups attached to an aromatic ring is 1. The van der Waals surface area contributed by atoms with E-state index in [9.17, 15) is 27.9 Å². The lowest BCUT2D eigenvalue weighted by atomic mass is 10.0. The van der Waals surface area contributed by atoms with Gasteiger partial charge in [0.2, 0.25) is 5.91 Å². The van der Waals surface area contributed by atoms with E-state index in [1.807, 2.05) is 30.3 Å². The lowest BCUT2D eigenvalue weighted by Gasteiger charge is -2.26. The highest BCUT2D eigenvalue weighted by Gasteiger charge is 2.41. The zero-order valence-electron chi connectivity index (χ0n) is 21.7. The van der Waals surface area contributed by atoms with Crippen molar-refractivity contribution in [3.63, 3.8) is 0 Å². The maximum absolute atomic E-state index is 14.0. The number of halogens is 3. The van der Waals surface area contributed by atoms with Gasteiger partial charge in [-0.15, -0.1) is 0 Å². The first-order valence-electron chi connectivity index (χ1n) is 12.9. The van der Waals surface area contributed by atoms with Gasteiger partial charge in [0.25, 0.3) is 0 Å². The number of carbonyl (C=O) groups excluding carboxylic acids is 1. The maximum Gasteiger partial charge on any atom is 0.419 e. The van der Waals surface area contributed by atoms with Gasteiger partial charge in [-0.2, -0.15) is 13.2 Å². The van der Waals surface area contributed by atoms with E-state index < -0.39 is 29.7 Å². The van der Waals surface area contributed by atoms with Crippen molar-refractivity contribution in [3.8, 4) is 16.9 Å². The topological polar surface area (TPSA) is 117 Å². The number of rotatable bonds is 11. The van der Waals surface area contributed by atoms with Crippen molar-refractivity contribution in [3.05, 3.63) is 89.5 Å². The average molecular weight is 554 g/mol. The molecule has 0 aliphatic carbocycles. The van der Waals surface area contributed by atoms with E-state index in [4.69, 9.17) is 15.9 Å². The molecule has 10 heteroatoms. The normalized spacial score (nSPS) is 17.2. The molecular weight excluding hydrogens is 523 g/mol. The number of carboxylic acid groups (broad SMARTS) is 1. The Bertz CT molecular complexity index is 1360. The molecule has 40 heavy (non-hydrogen) atoms. The summed E-state index contributed by atoms with van der Waals surface area (Å²) in [7, 11) is 0. The van der Waals surface area contributed by atoms with Crippen molar-refractivity contribution in [1.29, 1.82) is 5.41 Å². The highest BCUT2D eigenvalue weighted by molar-refractivity contribution is 5.95. The Kier molecular flexibility index (Phi) is 8.77. The van der Waals surface area contributed by atoms with Gasteiger partial charge in [-0.3, -0.25) is 15.0 Å². The second-order valence-corrected chi connectivity index (χ2v) is 9.82. The fourth-order valence-electron chi connectivity index (χ4n) is 4.99. The Morgan fingerprint density at radius 1 is 1.05 bits per heavy atom. The van der Waals surface area contributed by atoms with E-state index in [-0.39, 0.29) is 36.9 Å². The lowest BCUT2D eigenvalue weighted by Crippen LogP contribution is -2.38. The molecule has 0 saturated carbocycles. The summed E-state index contributed by atoms with van der Waals surface area (Å²) in [5.41, 5.74) is 6.89. The Hall–Kier alpha value is -4.34. The van der Waals surface area contributed by atoms with Crippen LogP contribution in [0.5, 0.6) is 5.75 Å². The van der Waals surface area contributed by atoms with Gasteiger partial charge in [0.1, 0.15) is 18.2 Å². The van der Waals surface area contributed by atoms with E-state index in [1.165, 1.54) is 12.1 Å². The molecule has 4 rings (SSSR count). The summed E-state index contributed by atoms with van der Waals surface area (Å²) in [5.74, 6) is -2.67. The standard InChI is InChI=1S/C30H30F3N3O4/c31-30(32,33)25-16-22(20-8-10-21(11-9-20)28(34)35)12-13-26(25)40-18-24-15-23(17-27(37)38)29(39)36(24)14-4-7-19-5-2-1-3-6-19/h1-3,5-6,8-13,16,23-24H,4,7,14-15,17-18H2,(H3,34,35)(H,37,38)/t23-,24-/m0/s1. The van der Waals surface area contributed by atoms with Crippen LogP contribution in [0.2, 0.25) is 0 Å². The first kappa shape index (κ1) is 28.7. The number of aliphatic carboxylic acids is 1. The van der Waals surface area contributed by atoms with Gasteiger partial charge < -0.3 is 20.5 Å². The molecule has 4 N–H and O–H groups in total. The minimum absolute atomic E-state index is 0.142. The molecule has 1 amide bonds. The van der Waals surface area contributed by atoms with Gasteiger partial charge in [0.05, 0.1) is 23.9 Å². The van der Waals surface area contributed by atoms with Crippen molar-refractivity contribution in [2.24, 2.45) is 11.7 Å². The van der Waals surface area contributed by atoms with Crippen LogP contribution in [0.4, 0.5) is 13.2 Å². The van der Waals surface area contributed by atoms with Crippen LogP contribution in [-0.4, -0.2) is 46.9 Å². The molecule has 1 aliphatic rings. The zero-order chi connectivity index (χ0) is 28.9. The molecule has 1 aliphatic heterocycles. The summed E-state index contributed by atoms with van der Waals surface area (Å²) in [4.78, 5) is 25.9. The molecular formula is C30H30F3N3O4. The Balaban J connectivity index is 1.51. The minimum atomic E-state index is -4.70. The zero-order valence-corrected chi connectivity index (χ0v) is 21.7. The van der Waals surface area contributed by atoms with Gasteiger partial charge in [0.15, 0.2) is 0 Å². The second kappa shape index (κ2) is 12.2. The number of aryl methyl sites for hydroxylation is 1. The van der Waals surface area contributed by atoms with Gasteiger partial charge in [-0.25, -0.2) is 0 Å². The molecule has 1 saturated heterocycles. The molecule has 3 aromatic carbocycles. The number of ether oxygens (including phenoxy) is 1. The van der Waals surface area contributed by atoms with Crippen LogP contribution >= 0.6 is 0 Å². The quantitative estimate of drug-likeness (QED) is 0.218. The van der Waals surface area contributed by atoms with Crippen LogP contribution in [-0.2, 0) is 22.2 Å². The molecule has 1 fully saturated rings. The number of benzene rings is 3. The highest BCUT2D eigenvalue weighted by Crippen LogP contribution is 2.39. The van der Waals surface area contributed by atoms with Crippen LogP contribution in [0.25, 0.3) is 11.1 Å². The number of nitrogens with one attached hydrogen (secondary N) is 1. The number of carboxylic acids is 1. The summed E-state index contributed by atoms with van der Waals surface area (Å²) in [5, 5.41) is 16.7. The van der Waals surface area contributed by atoms with Gasteiger partial charge >= 0.3 is 12.1 Å². The fourth-order valence-corrected chi connectivity index (χ4v) is 4.99. The van der Waals surface area contributed by atoms with Crippen molar-refractivity contribution in [2.75, 3.05) is 13.2 Å². The van der Waals surface area contributed by atoms with Crippen LogP contribution in [0, 0.1) is 11.3 Å². The lowest BCUT2D eigenvalue weighted by molar-refractivity contribution is -0.142. The number of hydrogen-bond acceptors (Lipinski definition) is 4. The van der Waals surface area contributed by atoms with E-state index in [1.54, 1.807) is 29.2 Å². The summed E-state index contributed by atoms with van der Waals surface area (Å²) < 4.78 is 47.8. The third kappa shape index (κ3) is 6.99. The number of amides is 1. The monoisotopic (exact) mass is 553 g/mol. The number of hydrogen-bond donors (Lipinski definition) is 3. The predicted molar refractivity (Wildman–Crippen MR) is 144 cm³/mol. The van der Waals surface area contributed by atoms with Crippen molar-refractivity contribution >= 4 is 17.7 Å². The predicted octanol–water partition coefficient (Wildman–Crippen LogP) is 5.36. The smallest absolute Gasteiger partial charge is 0.419 e. The first-order valence-corrected chi connectivity index (χ1v) is 12.9. The Labute approximate surface area is 229 Å². The third-order valence-corrected chi connectivity index (χ3v) is 7.00. The SMILES string of the molecule is N=C(N)c1ccc(-c2ccc(OC[C@@H]3C[C@@H](CC(=O)O)C(=O)N3CCCc3ccccc3)c(C(F)(F)F)c2)cc1. The molecule has 0 spiro atoms. The molecule has 0 radical (unpaired) electrons. The van der Waals surface area contributed by atoms with E-state index >= 15 is 0 Å². The van der Waals surface area contributed by atoms with Crippen LogP contribution < -0.4 is 10.5 Å². The fraction of sp³-hybridized carbons (Fsp3) is 0.300. The van der Waals surface area contributed by atoms with Gasteiger partial charge in [-0.1, -0.05) is 60.7 Å². The Morgan fingerprint density at radius 2 is 1.73 bits per heavy atom. The second-order valence-electron chi connectivity index (χ2n) is 9.82. The third-order valence-electron chi connectivity index (χ3n) is 7.00. The van der Waals surface area contributed by atoms with Gasteiger partial charge in [-0.05, 0) is 48.1 Å². The van der Waals surface area contributed by atoms with Crippen LogP contribution in [0.15, 0.2) is 72.8 Å². The summed E-state index contributed by atoms with van der Waals surface area (Å²) in [6.07, 6.45) is -3.52. The number of likely N-dealkylation sites (tertiary alicyclic amines) is 1. The van der Waals surface area contributed by atoms with E-state index in [0.717, 1.165) is 11.6 Å². The minimum Gasteiger partial charge on any atom is -0.491 e. The van der Waals surface area contributed by atoms with E-state index in [2.05, 4.69) is 0 Å². The van der Waals surface area contributed by atoms with E-state index in [0.29, 0.717) is 36.1 Å². The summed E-state index contributed by atoms with van der Waals surface area (Å²) >= 11 is 0. The number of nitrogens with zero attached hydrogens (tertiary/aromatic N) is 1. The summed E-state index contributed by atoms with van der Waals surface area (Å²) in [6, 6.07) is 19.2. The largest absolute Gasteiger partial charge is 0.491 e. The van der Waals surface area contributed by atoms with Gasteiger partial charge in [0, 0.05) is 12.1 Å². The average Bonchev–Trinajstić information content (AvgIpc) is 3.20. The van der Waals surface area contributed by atoms with Crippen molar-refractivity contribution in [2.45, 2.75) is 37.9 Å². The molecule has 7 nitrogen and oxygen atoms in total. The number of carbonyl (C=O) groups is 2. The van der Waals surface area contributed by atoms with Crippen LogP contribution in [0.1, 0.15) is 36.0 Å². The highest BCUT2D eigenvalue weighted by atomic mass is 19.4. The maximum atomic E-state index is 14.0. The van der Waals surface area contributed by atoms with Crippen molar-refractivity contribution < 1.29 is 32.6 Å². The van der Waals surface area contributed by atoms with Crippen LogP contribution in [0.3, 0.4) is 0 Å². The number of amidine groups is 1. The molecule has 3 aromatic rings. The molecule has 0 unspecified atom stereocenters.